The topological polar surface area (TPSA) is 58.0 Å². The summed E-state index contributed by atoms with van der Waals surface area (Å²) in [6.07, 6.45) is 2.01. The van der Waals surface area contributed by atoms with E-state index in [9.17, 15) is 4.79 Å². The van der Waals surface area contributed by atoms with Gasteiger partial charge in [0, 0.05) is 24.8 Å². The molecule has 0 unspecified atom stereocenters. The van der Waals surface area contributed by atoms with Crippen molar-refractivity contribution in [1.29, 1.82) is 0 Å². The van der Waals surface area contributed by atoms with E-state index in [0.717, 1.165) is 5.69 Å². The van der Waals surface area contributed by atoms with Crippen LogP contribution in [0.4, 0.5) is 0 Å². The van der Waals surface area contributed by atoms with Crippen molar-refractivity contribution in [1.82, 2.24) is 9.78 Å². The average Bonchev–Trinajstić information content (AvgIpc) is 2.63. The van der Waals surface area contributed by atoms with Crippen molar-refractivity contribution in [2.45, 2.75) is 6.42 Å². The summed E-state index contributed by atoms with van der Waals surface area (Å²) >= 11 is 0. The summed E-state index contributed by atoms with van der Waals surface area (Å²) in [5.74, 6) is 0. The first-order chi connectivity index (χ1) is 7.33. The van der Waals surface area contributed by atoms with Gasteiger partial charge in [-0.3, -0.25) is 9.89 Å². The Labute approximate surface area is 86.8 Å². The number of aliphatic hydroxyl groups is 1. The molecular formula is C11H12N2O2. The molecule has 0 radical (unpaired) electrons. The summed E-state index contributed by atoms with van der Waals surface area (Å²) in [7, 11) is 0. The molecule has 0 saturated carbocycles. The van der Waals surface area contributed by atoms with Crippen LogP contribution in [0.3, 0.4) is 0 Å². The molecule has 0 bridgehead atoms. The second-order valence-corrected chi connectivity index (χ2v) is 3.25. The average molecular weight is 204 g/mol. The van der Waals surface area contributed by atoms with Gasteiger partial charge in [0.2, 0.25) is 0 Å². The Balaban J connectivity index is 2.43. The Hall–Kier alpha value is -1.81. The summed E-state index contributed by atoms with van der Waals surface area (Å²) < 4.78 is 1.46. The van der Waals surface area contributed by atoms with Crippen molar-refractivity contribution < 1.29 is 5.11 Å². The van der Waals surface area contributed by atoms with Gasteiger partial charge in [-0.1, -0.05) is 18.2 Å². The van der Waals surface area contributed by atoms with Crippen LogP contribution in [0.5, 0.6) is 0 Å². The molecule has 0 saturated heterocycles. The number of aromatic amines is 1. The highest BCUT2D eigenvalue weighted by atomic mass is 16.3. The van der Waals surface area contributed by atoms with Crippen LogP contribution in [-0.4, -0.2) is 21.5 Å². The monoisotopic (exact) mass is 204 g/mol. The lowest BCUT2D eigenvalue weighted by atomic mass is 10.2. The smallest absolute Gasteiger partial charge is 0.274 e. The lowest BCUT2D eigenvalue weighted by molar-refractivity contribution is 0.299. The summed E-state index contributed by atoms with van der Waals surface area (Å²) in [6, 6.07) is 9.33. The molecular weight excluding hydrogens is 192 g/mol. The summed E-state index contributed by atoms with van der Waals surface area (Å²) in [5.41, 5.74) is 1.29. The van der Waals surface area contributed by atoms with Crippen molar-refractivity contribution in [2.24, 2.45) is 0 Å². The molecule has 15 heavy (non-hydrogen) atoms. The minimum Gasteiger partial charge on any atom is -0.396 e. The van der Waals surface area contributed by atoms with Gasteiger partial charge in [-0.25, -0.2) is 4.68 Å². The predicted molar refractivity (Wildman–Crippen MR) is 57.2 cm³/mol. The summed E-state index contributed by atoms with van der Waals surface area (Å²) in [4.78, 5) is 11.8. The Morgan fingerprint density at radius 3 is 2.67 bits per heavy atom. The normalized spacial score (nSPS) is 10.5. The molecule has 0 aliphatic rings. The fourth-order valence-electron chi connectivity index (χ4n) is 1.47. The highest BCUT2D eigenvalue weighted by Gasteiger charge is 2.05. The van der Waals surface area contributed by atoms with Gasteiger partial charge in [-0.2, -0.15) is 0 Å². The van der Waals surface area contributed by atoms with Crippen LogP contribution in [0.25, 0.3) is 5.69 Å². The van der Waals surface area contributed by atoms with Crippen molar-refractivity contribution in [3.8, 4) is 5.69 Å². The van der Waals surface area contributed by atoms with E-state index in [1.165, 1.54) is 4.68 Å². The number of benzene rings is 1. The summed E-state index contributed by atoms with van der Waals surface area (Å²) in [5, 5.41) is 11.6. The molecule has 0 aliphatic carbocycles. The van der Waals surface area contributed by atoms with Gasteiger partial charge in [0.05, 0.1) is 5.69 Å². The Kier molecular flexibility index (Phi) is 2.69. The van der Waals surface area contributed by atoms with Gasteiger partial charge < -0.3 is 5.11 Å². The number of nitrogens with zero attached hydrogens (tertiary/aromatic N) is 1. The van der Waals surface area contributed by atoms with Gasteiger partial charge in [-0.15, -0.1) is 0 Å². The molecule has 0 fully saturated rings. The molecule has 1 heterocycles. The van der Waals surface area contributed by atoms with Crippen molar-refractivity contribution >= 4 is 0 Å². The van der Waals surface area contributed by atoms with Gasteiger partial charge >= 0.3 is 0 Å². The third-order valence-electron chi connectivity index (χ3n) is 2.24. The van der Waals surface area contributed by atoms with Crippen LogP contribution < -0.4 is 5.56 Å². The molecule has 2 aromatic rings. The molecule has 2 rings (SSSR count). The number of para-hydroxylation sites is 1. The van der Waals surface area contributed by atoms with Gasteiger partial charge in [0.25, 0.3) is 5.56 Å². The SMILES string of the molecule is O=c1c(CCO)c[nH]n1-c1ccccc1. The molecule has 0 aliphatic heterocycles. The fraction of sp³-hybridized carbons (Fsp3) is 0.182. The highest BCUT2D eigenvalue weighted by Crippen LogP contribution is 2.03. The first kappa shape index (κ1) is 9.73. The molecule has 4 nitrogen and oxygen atoms in total. The molecule has 0 amide bonds. The standard InChI is InChI=1S/C11H12N2O2/c14-7-6-9-8-12-13(11(9)15)10-4-2-1-3-5-10/h1-5,8,12,14H,6-7H2. The van der Waals surface area contributed by atoms with E-state index in [-0.39, 0.29) is 12.2 Å². The van der Waals surface area contributed by atoms with Crippen molar-refractivity contribution in [3.05, 3.63) is 52.4 Å². The maximum absolute atomic E-state index is 11.8. The van der Waals surface area contributed by atoms with Crippen LogP contribution in [0.15, 0.2) is 41.3 Å². The fourth-order valence-corrected chi connectivity index (χ4v) is 1.47. The lowest BCUT2D eigenvalue weighted by Crippen LogP contribution is -2.17. The van der Waals surface area contributed by atoms with Crippen LogP contribution >= 0.6 is 0 Å². The molecule has 0 spiro atoms. The van der Waals surface area contributed by atoms with Gasteiger partial charge in [0.15, 0.2) is 0 Å². The third kappa shape index (κ3) is 1.85. The summed E-state index contributed by atoms with van der Waals surface area (Å²) in [6.45, 7) is -0.0120. The van der Waals surface area contributed by atoms with E-state index < -0.39 is 0 Å². The van der Waals surface area contributed by atoms with E-state index in [4.69, 9.17) is 5.11 Å². The molecule has 2 N–H and O–H groups in total. The quantitative estimate of drug-likeness (QED) is 0.773. The van der Waals surface area contributed by atoms with Crippen LogP contribution in [0, 0.1) is 0 Å². The second-order valence-electron chi connectivity index (χ2n) is 3.25. The van der Waals surface area contributed by atoms with E-state index in [1.807, 2.05) is 30.3 Å². The maximum Gasteiger partial charge on any atom is 0.274 e. The maximum atomic E-state index is 11.8. The lowest BCUT2D eigenvalue weighted by Gasteiger charge is -1.99. The first-order valence-electron chi connectivity index (χ1n) is 4.78. The number of H-pyrrole nitrogens is 1. The molecule has 1 aromatic heterocycles. The Morgan fingerprint density at radius 2 is 2.00 bits per heavy atom. The van der Waals surface area contributed by atoms with Crippen molar-refractivity contribution in [3.63, 3.8) is 0 Å². The molecule has 78 valence electrons. The van der Waals surface area contributed by atoms with Crippen LogP contribution in [0.2, 0.25) is 0 Å². The minimum atomic E-state index is -0.102. The number of aromatic nitrogens is 2. The first-order valence-corrected chi connectivity index (χ1v) is 4.78. The number of hydrogen-bond acceptors (Lipinski definition) is 2. The van der Waals surface area contributed by atoms with E-state index in [1.54, 1.807) is 6.20 Å². The highest BCUT2D eigenvalue weighted by molar-refractivity contribution is 5.30. The number of nitrogens with one attached hydrogen (secondary N) is 1. The zero-order valence-electron chi connectivity index (χ0n) is 8.18. The molecule has 1 aromatic carbocycles. The Morgan fingerprint density at radius 1 is 1.27 bits per heavy atom. The van der Waals surface area contributed by atoms with Gasteiger partial charge in [0.1, 0.15) is 0 Å². The second kappa shape index (κ2) is 4.14. The van der Waals surface area contributed by atoms with Crippen LogP contribution in [0.1, 0.15) is 5.56 Å². The van der Waals surface area contributed by atoms with Crippen molar-refractivity contribution in [2.75, 3.05) is 6.61 Å². The largest absolute Gasteiger partial charge is 0.396 e. The van der Waals surface area contributed by atoms with E-state index >= 15 is 0 Å². The number of rotatable bonds is 3. The number of hydrogen-bond donors (Lipinski definition) is 2. The van der Waals surface area contributed by atoms with E-state index in [0.29, 0.717) is 12.0 Å². The van der Waals surface area contributed by atoms with E-state index in [2.05, 4.69) is 5.10 Å². The predicted octanol–water partition coefficient (Wildman–Crippen LogP) is 0.700. The minimum absolute atomic E-state index is 0.0120. The van der Waals surface area contributed by atoms with Crippen LogP contribution in [-0.2, 0) is 6.42 Å². The Bertz CT molecular complexity index is 485. The number of aliphatic hydroxyl groups excluding tert-OH is 1. The zero-order valence-corrected chi connectivity index (χ0v) is 8.18. The van der Waals surface area contributed by atoms with Gasteiger partial charge in [-0.05, 0) is 12.1 Å². The third-order valence-corrected chi connectivity index (χ3v) is 2.24. The molecule has 4 heteroatoms. The molecule has 0 atom stereocenters. The zero-order chi connectivity index (χ0) is 10.7.